The first kappa shape index (κ1) is 20.0. The molecule has 1 heterocycles. The number of hydrogen-bond donors (Lipinski definition) is 2. The molecule has 1 aromatic carbocycles. The van der Waals surface area contributed by atoms with Crippen LogP contribution >= 0.6 is 24.8 Å². The van der Waals surface area contributed by atoms with E-state index in [1.165, 1.54) is 25.7 Å². The van der Waals surface area contributed by atoms with Crippen LogP contribution in [-0.4, -0.2) is 25.0 Å². The summed E-state index contributed by atoms with van der Waals surface area (Å²) in [5, 5.41) is 2.92. The van der Waals surface area contributed by atoms with E-state index in [2.05, 4.69) is 16.3 Å². The molecule has 3 N–H and O–H groups in total. The second kappa shape index (κ2) is 9.87. The molecule has 1 aliphatic rings. The number of carbonyl (C=O) groups excluding carboxylic acids is 1. The number of nitrogens with one attached hydrogen (secondary N) is 1. The molecule has 2 rings (SSSR count). The Morgan fingerprint density at radius 3 is 2.29 bits per heavy atom. The number of para-hydroxylation sites is 2. The predicted molar refractivity (Wildman–Crippen MR) is 93.9 cm³/mol. The third kappa shape index (κ3) is 5.73. The Morgan fingerprint density at radius 2 is 1.71 bits per heavy atom. The van der Waals surface area contributed by atoms with E-state index in [1.807, 2.05) is 18.2 Å². The maximum atomic E-state index is 11.8. The molecule has 120 valence electrons. The minimum Gasteiger partial charge on any atom is -0.370 e. The summed E-state index contributed by atoms with van der Waals surface area (Å²) in [5.41, 5.74) is 7.59. The molecule has 0 aromatic heterocycles. The highest BCUT2D eigenvalue weighted by Gasteiger charge is 2.15. The molecule has 1 amide bonds. The number of benzene rings is 1. The van der Waals surface area contributed by atoms with Gasteiger partial charge < -0.3 is 16.0 Å². The van der Waals surface area contributed by atoms with Crippen molar-refractivity contribution in [2.45, 2.75) is 38.6 Å². The average Bonchev–Trinajstić information content (AvgIpc) is 2.68. The summed E-state index contributed by atoms with van der Waals surface area (Å²) in [4.78, 5) is 14.1. The van der Waals surface area contributed by atoms with Crippen LogP contribution in [0.2, 0.25) is 0 Å². The van der Waals surface area contributed by atoms with E-state index >= 15 is 0 Å². The minimum atomic E-state index is -0.489. The van der Waals surface area contributed by atoms with Gasteiger partial charge in [0.15, 0.2) is 0 Å². The van der Waals surface area contributed by atoms with Crippen LogP contribution in [0.1, 0.15) is 32.6 Å². The fourth-order valence-electron chi connectivity index (χ4n) is 2.41. The Labute approximate surface area is 139 Å². The Bertz CT molecular complexity index is 433. The lowest BCUT2D eigenvalue weighted by Crippen LogP contribution is -2.33. The molecule has 1 fully saturated rings. The molecule has 21 heavy (non-hydrogen) atoms. The van der Waals surface area contributed by atoms with Crippen LogP contribution in [0.15, 0.2) is 24.3 Å². The first-order chi connectivity index (χ1) is 9.18. The number of hydrogen-bond acceptors (Lipinski definition) is 3. The van der Waals surface area contributed by atoms with Crippen molar-refractivity contribution >= 4 is 42.1 Å². The van der Waals surface area contributed by atoms with Crippen molar-refractivity contribution in [2.75, 3.05) is 23.3 Å². The smallest absolute Gasteiger partial charge is 0.241 e. The van der Waals surface area contributed by atoms with Crippen LogP contribution < -0.4 is 16.0 Å². The third-order valence-corrected chi connectivity index (χ3v) is 3.52. The average molecular weight is 334 g/mol. The number of nitrogens with two attached hydrogens (primary N) is 1. The number of rotatable bonds is 3. The van der Waals surface area contributed by atoms with Crippen molar-refractivity contribution in [2.24, 2.45) is 5.73 Å². The number of nitrogens with zero attached hydrogens (tertiary/aromatic N) is 1. The van der Waals surface area contributed by atoms with Crippen molar-refractivity contribution in [3.05, 3.63) is 24.3 Å². The molecule has 1 atom stereocenters. The second-order valence-corrected chi connectivity index (χ2v) is 5.20. The molecule has 6 heteroatoms. The van der Waals surface area contributed by atoms with Crippen molar-refractivity contribution in [3.8, 4) is 0 Å². The fourth-order valence-corrected chi connectivity index (χ4v) is 2.41. The van der Waals surface area contributed by atoms with Gasteiger partial charge in [-0.2, -0.15) is 0 Å². The topological polar surface area (TPSA) is 58.4 Å². The zero-order chi connectivity index (χ0) is 13.7. The molecule has 1 saturated heterocycles. The minimum absolute atomic E-state index is 0. The Morgan fingerprint density at radius 1 is 1.14 bits per heavy atom. The van der Waals surface area contributed by atoms with Gasteiger partial charge in [-0.05, 0) is 31.9 Å². The van der Waals surface area contributed by atoms with Crippen LogP contribution in [0, 0.1) is 0 Å². The molecule has 0 radical (unpaired) electrons. The zero-order valence-corrected chi connectivity index (χ0v) is 14.0. The standard InChI is InChI=1S/C15H23N3O.2ClH/c1-12(16)15(19)17-13-8-4-5-9-14(13)18-10-6-2-3-7-11-18;;/h4-5,8-9,12H,2-3,6-7,10-11,16H2,1H3,(H,17,19);2*1H. The molecule has 0 spiro atoms. The Hall–Kier alpha value is -0.970. The van der Waals surface area contributed by atoms with Gasteiger partial charge in [0.25, 0.3) is 0 Å². The summed E-state index contributed by atoms with van der Waals surface area (Å²) in [5.74, 6) is -0.137. The van der Waals surface area contributed by atoms with Crippen LogP contribution in [-0.2, 0) is 4.79 Å². The maximum Gasteiger partial charge on any atom is 0.241 e. The zero-order valence-electron chi connectivity index (χ0n) is 12.4. The summed E-state index contributed by atoms with van der Waals surface area (Å²) in [6.07, 6.45) is 5.03. The summed E-state index contributed by atoms with van der Waals surface area (Å²) >= 11 is 0. The van der Waals surface area contributed by atoms with Gasteiger partial charge in [0.2, 0.25) is 5.91 Å². The fraction of sp³-hybridized carbons (Fsp3) is 0.533. The highest BCUT2D eigenvalue weighted by atomic mass is 35.5. The molecule has 0 bridgehead atoms. The van der Waals surface area contributed by atoms with Crippen molar-refractivity contribution < 1.29 is 4.79 Å². The molecule has 1 unspecified atom stereocenters. The van der Waals surface area contributed by atoms with Crippen LogP contribution in [0.3, 0.4) is 0 Å². The number of amides is 1. The van der Waals surface area contributed by atoms with Crippen LogP contribution in [0.4, 0.5) is 11.4 Å². The van der Waals surface area contributed by atoms with E-state index in [-0.39, 0.29) is 30.7 Å². The monoisotopic (exact) mass is 333 g/mol. The van der Waals surface area contributed by atoms with E-state index in [4.69, 9.17) is 5.73 Å². The quantitative estimate of drug-likeness (QED) is 0.892. The molecule has 1 aromatic rings. The number of carbonyl (C=O) groups is 1. The van der Waals surface area contributed by atoms with Gasteiger partial charge in [-0.25, -0.2) is 0 Å². The first-order valence-corrected chi connectivity index (χ1v) is 7.09. The second-order valence-electron chi connectivity index (χ2n) is 5.20. The molecular weight excluding hydrogens is 309 g/mol. The summed E-state index contributed by atoms with van der Waals surface area (Å²) in [7, 11) is 0. The van der Waals surface area contributed by atoms with Crippen molar-refractivity contribution in [1.82, 2.24) is 0 Å². The molecule has 1 aliphatic heterocycles. The van der Waals surface area contributed by atoms with Crippen LogP contribution in [0.5, 0.6) is 0 Å². The third-order valence-electron chi connectivity index (χ3n) is 3.52. The molecule has 4 nitrogen and oxygen atoms in total. The lowest BCUT2D eigenvalue weighted by Gasteiger charge is -2.25. The Kier molecular flexibility index (Phi) is 9.42. The lowest BCUT2D eigenvalue weighted by molar-refractivity contribution is -0.117. The highest BCUT2D eigenvalue weighted by Crippen LogP contribution is 2.27. The molecule has 0 aliphatic carbocycles. The Balaban J connectivity index is 0.00000200. The first-order valence-electron chi connectivity index (χ1n) is 7.09. The lowest BCUT2D eigenvalue weighted by atomic mass is 10.2. The number of halogens is 2. The molecular formula is C15H25Cl2N3O. The van der Waals surface area contributed by atoms with Gasteiger partial charge in [0, 0.05) is 13.1 Å². The van der Waals surface area contributed by atoms with Crippen LogP contribution in [0.25, 0.3) is 0 Å². The summed E-state index contributed by atoms with van der Waals surface area (Å²) < 4.78 is 0. The van der Waals surface area contributed by atoms with Gasteiger partial charge in [0.05, 0.1) is 17.4 Å². The van der Waals surface area contributed by atoms with Gasteiger partial charge in [0.1, 0.15) is 0 Å². The highest BCUT2D eigenvalue weighted by molar-refractivity contribution is 5.97. The van der Waals surface area contributed by atoms with Gasteiger partial charge in [-0.1, -0.05) is 25.0 Å². The van der Waals surface area contributed by atoms with Gasteiger partial charge in [-0.15, -0.1) is 24.8 Å². The summed E-state index contributed by atoms with van der Waals surface area (Å²) in [6.45, 7) is 3.82. The van der Waals surface area contributed by atoms with E-state index in [0.717, 1.165) is 24.5 Å². The van der Waals surface area contributed by atoms with Gasteiger partial charge >= 0.3 is 0 Å². The predicted octanol–water partition coefficient (Wildman–Crippen LogP) is 3.20. The van der Waals surface area contributed by atoms with Crippen molar-refractivity contribution in [1.29, 1.82) is 0 Å². The summed E-state index contributed by atoms with van der Waals surface area (Å²) in [6, 6.07) is 7.49. The van der Waals surface area contributed by atoms with E-state index in [1.54, 1.807) is 6.92 Å². The van der Waals surface area contributed by atoms with Crippen molar-refractivity contribution in [3.63, 3.8) is 0 Å². The largest absolute Gasteiger partial charge is 0.370 e. The van der Waals surface area contributed by atoms with E-state index < -0.39 is 6.04 Å². The molecule has 0 saturated carbocycles. The maximum absolute atomic E-state index is 11.8. The van der Waals surface area contributed by atoms with E-state index in [0.29, 0.717) is 0 Å². The number of anilines is 2. The normalized spacial score (nSPS) is 16.0. The SMILES string of the molecule is CC(N)C(=O)Nc1ccccc1N1CCCCCC1.Cl.Cl. The van der Waals surface area contributed by atoms with Gasteiger partial charge in [-0.3, -0.25) is 4.79 Å². The van der Waals surface area contributed by atoms with E-state index in [9.17, 15) is 4.79 Å².